The second-order valence-electron chi connectivity index (χ2n) is 9.51. The Morgan fingerprint density at radius 3 is 2.42 bits per heavy atom. The number of aromatic nitrogens is 1. The number of hydrogen-bond donors (Lipinski definition) is 1. The highest BCUT2D eigenvalue weighted by Gasteiger charge is 2.41. The van der Waals surface area contributed by atoms with Gasteiger partial charge in [0.1, 0.15) is 18.5 Å². The van der Waals surface area contributed by atoms with Crippen LogP contribution in [0.3, 0.4) is 0 Å². The summed E-state index contributed by atoms with van der Waals surface area (Å²) in [7, 11) is 9.29. The van der Waals surface area contributed by atoms with Gasteiger partial charge in [0, 0.05) is 26.2 Å². The van der Waals surface area contributed by atoms with Gasteiger partial charge in [0.2, 0.25) is 11.5 Å². The number of fused-ring (bicyclic) bond motifs is 1. The molecular weight excluding hydrogens is 578 g/mol. The molecule has 1 aromatic heterocycles. The third-order valence-electron chi connectivity index (χ3n) is 7.16. The van der Waals surface area contributed by atoms with E-state index >= 15 is 0 Å². The Hall–Kier alpha value is -4.17. The largest absolute Gasteiger partial charge is 0.497 e. The molecule has 13 heteroatoms. The van der Waals surface area contributed by atoms with Gasteiger partial charge in [0.05, 0.1) is 44.4 Å². The van der Waals surface area contributed by atoms with Crippen LogP contribution in [0.4, 0.5) is 5.13 Å². The molecule has 0 saturated carbocycles. The normalized spacial score (nSPS) is 18.9. The van der Waals surface area contributed by atoms with Crippen LogP contribution in [0.5, 0.6) is 23.0 Å². The van der Waals surface area contributed by atoms with E-state index in [1.807, 2.05) is 42.5 Å². The highest BCUT2D eigenvalue weighted by molar-refractivity contribution is 7.22. The summed E-state index contributed by atoms with van der Waals surface area (Å²) in [6, 6.07) is 9.17. The van der Waals surface area contributed by atoms with Gasteiger partial charge in [-0.1, -0.05) is 22.6 Å². The number of methoxy groups -OCH3 is 6. The maximum Gasteiger partial charge on any atom is 0.252 e. The van der Waals surface area contributed by atoms with E-state index in [2.05, 4.69) is 15.5 Å². The van der Waals surface area contributed by atoms with Gasteiger partial charge in [-0.25, -0.2) is 4.98 Å². The van der Waals surface area contributed by atoms with Gasteiger partial charge >= 0.3 is 0 Å². The van der Waals surface area contributed by atoms with Gasteiger partial charge in [0.25, 0.3) is 5.91 Å². The average Bonchev–Trinajstić information content (AvgIpc) is 3.69. The molecule has 5 rings (SSSR count). The van der Waals surface area contributed by atoms with E-state index in [0.29, 0.717) is 40.3 Å². The lowest BCUT2D eigenvalue weighted by molar-refractivity contribution is -0.225. The zero-order chi connectivity index (χ0) is 30.6. The maximum atomic E-state index is 12.8. The molecule has 1 amide bonds. The van der Waals surface area contributed by atoms with Crippen molar-refractivity contribution in [2.24, 2.45) is 5.16 Å². The number of anilines is 1. The Labute approximate surface area is 252 Å². The van der Waals surface area contributed by atoms with Crippen molar-refractivity contribution in [1.29, 1.82) is 0 Å². The number of nitrogens with one attached hydrogen (secondary N) is 1. The van der Waals surface area contributed by atoms with Crippen LogP contribution < -0.4 is 24.3 Å². The standard InChI is InChI=1S/C30H33N3O9S/c1-35-19-7-8-20-25(14-19)43-29(31-20)32-27(34)16-41-26-13-17(9-10-30(26,39-5)40-6)22-15-21(33-42-22)18-11-23(36-2)28(38-4)24(12-18)37-3/h7-14,22,26H,15-16H2,1-6H3,(H,31,32,34). The summed E-state index contributed by atoms with van der Waals surface area (Å²) >= 11 is 1.34. The highest BCUT2D eigenvalue weighted by atomic mass is 32.1. The van der Waals surface area contributed by atoms with Crippen LogP contribution in [0.15, 0.2) is 59.3 Å². The van der Waals surface area contributed by atoms with Gasteiger partial charge in [-0.3, -0.25) is 10.1 Å². The zero-order valence-corrected chi connectivity index (χ0v) is 25.5. The SMILES string of the molecule is COc1ccc2nc(NC(=O)COC3C=C(C4CC(c5cc(OC)c(OC)c(OC)c5)=NO4)C=CC3(OC)OC)sc2c1. The Kier molecular flexibility index (Phi) is 9.16. The van der Waals surface area contributed by atoms with E-state index in [9.17, 15) is 4.79 Å². The van der Waals surface area contributed by atoms with Gasteiger partial charge in [-0.15, -0.1) is 0 Å². The lowest BCUT2D eigenvalue weighted by Crippen LogP contribution is -2.47. The van der Waals surface area contributed by atoms with Gasteiger partial charge in [-0.2, -0.15) is 0 Å². The van der Waals surface area contributed by atoms with E-state index in [1.54, 1.807) is 34.5 Å². The first-order valence-electron chi connectivity index (χ1n) is 13.3. The predicted molar refractivity (Wildman–Crippen MR) is 161 cm³/mol. The quantitative estimate of drug-likeness (QED) is 0.296. The number of ether oxygens (including phenoxy) is 7. The minimum atomic E-state index is -1.24. The van der Waals surface area contributed by atoms with Crippen molar-refractivity contribution in [3.63, 3.8) is 0 Å². The van der Waals surface area contributed by atoms with Crippen LogP contribution >= 0.6 is 11.3 Å². The van der Waals surface area contributed by atoms with Gasteiger partial charge in [-0.05, 0) is 48.1 Å². The summed E-state index contributed by atoms with van der Waals surface area (Å²) in [5.41, 5.74) is 3.04. The Bertz CT molecular complexity index is 1550. The van der Waals surface area contributed by atoms with Crippen molar-refractivity contribution in [1.82, 2.24) is 4.98 Å². The lowest BCUT2D eigenvalue weighted by atomic mass is 9.92. The molecule has 43 heavy (non-hydrogen) atoms. The van der Waals surface area contributed by atoms with E-state index in [-0.39, 0.29) is 12.5 Å². The van der Waals surface area contributed by atoms with Crippen molar-refractivity contribution in [2.45, 2.75) is 24.4 Å². The molecule has 12 nitrogen and oxygen atoms in total. The van der Waals surface area contributed by atoms with Crippen LogP contribution in [0.25, 0.3) is 10.2 Å². The third kappa shape index (κ3) is 6.15. The molecule has 1 aliphatic carbocycles. The number of amides is 1. The van der Waals surface area contributed by atoms with Crippen molar-refractivity contribution in [3.8, 4) is 23.0 Å². The van der Waals surface area contributed by atoms with E-state index in [0.717, 1.165) is 21.4 Å². The number of carbonyl (C=O) groups excluding carboxylic acids is 1. The molecule has 1 N–H and O–H groups in total. The summed E-state index contributed by atoms with van der Waals surface area (Å²) in [5.74, 6) is 0.624. The Morgan fingerprint density at radius 1 is 1.02 bits per heavy atom. The topological polar surface area (TPSA) is 128 Å². The molecule has 228 valence electrons. The first-order valence-corrected chi connectivity index (χ1v) is 14.1. The number of rotatable bonds is 12. The van der Waals surface area contributed by atoms with Gasteiger partial charge < -0.3 is 38.0 Å². The summed E-state index contributed by atoms with van der Waals surface area (Å²) < 4.78 is 40.0. The van der Waals surface area contributed by atoms with Gasteiger partial charge in [0.15, 0.2) is 22.7 Å². The number of hydrogen-bond acceptors (Lipinski definition) is 12. The smallest absolute Gasteiger partial charge is 0.252 e. The molecule has 2 unspecified atom stereocenters. The Morgan fingerprint density at radius 2 is 1.77 bits per heavy atom. The van der Waals surface area contributed by atoms with Crippen molar-refractivity contribution < 1.29 is 42.8 Å². The number of carbonyl (C=O) groups is 1. The summed E-state index contributed by atoms with van der Waals surface area (Å²) in [5, 5.41) is 7.58. The van der Waals surface area contributed by atoms with Crippen LogP contribution in [-0.2, 0) is 23.8 Å². The fraction of sp³-hybridized carbons (Fsp3) is 0.367. The number of benzene rings is 2. The van der Waals surface area contributed by atoms with Crippen molar-refractivity contribution >= 4 is 38.3 Å². The van der Waals surface area contributed by atoms with Crippen LogP contribution in [0, 0.1) is 0 Å². The molecular formula is C30H33N3O9S. The number of nitrogens with zero attached hydrogens (tertiary/aromatic N) is 2. The molecule has 2 aromatic carbocycles. The maximum absolute atomic E-state index is 12.8. The van der Waals surface area contributed by atoms with E-state index in [4.69, 9.17) is 38.0 Å². The second-order valence-corrected chi connectivity index (χ2v) is 10.5. The monoisotopic (exact) mass is 611 g/mol. The highest BCUT2D eigenvalue weighted by Crippen LogP contribution is 2.40. The molecule has 0 spiro atoms. The molecule has 0 radical (unpaired) electrons. The van der Waals surface area contributed by atoms with Crippen LogP contribution in [0.1, 0.15) is 12.0 Å². The van der Waals surface area contributed by atoms with Crippen LogP contribution in [0.2, 0.25) is 0 Å². The molecule has 0 fully saturated rings. The number of thiazole rings is 1. The minimum Gasteiger partial charge on any atom is -0.497 e. The van der Waals surface area contributed by atoms with E-state index < -0.39 is 18.0 Å². The first-order chi connectivity index (χ1) is 20.9. The molecule has 0 saturated heterocycles. The van der Waals surface area contributed by atoms with Crippen molar-refractivity contribution in [2.75, 3.05) is 54.6 Å². The predicted octanol–water partition coefficient (Wildman–Crippen LogP) is 4.33. The second kappa shape index (κ2) is 13.0. The molecule has 2 atom stereocenters. The fourth-order valence-electron chi connectivity index (χ4n) is 4.86. The lowest BCUT2D eigenvalue weighted by Gasteiger charge is -2.36. The zero-order valence-electron chi connectivity index (χ0n) is 24.7. The summed E-state index contributed by atoms with van der Waals surface area (Å²) in [6.07, 6.45) is 4.71. The summed E-state index contributed by atoms with van der Waals surface area (Å²) in [4.78, 5) is 23.1. The average molecular weight is 612 g/mol. The number of oxime groups is 1. The van der Waals surface area contributed by atoms with E-state index in [1.165, 1.54) is 25.6 Å². The molecule has 0 bridgehead atoms. The molecule has 2 heterocycles. The molecule has 1 aliphatic heterocycles. The minimum absolute atomic E-state index is 0.269. The Balaban J connectivity index is 1.28. The fourth-order valence-corrected chi connectivity index (χ4v) is 5.78. The molecule has 3 aromatic rings. The van der Waals surface area contributed by atoms with Crippen molar-refractivity contribution in [3.05, 3.63) is 59.7 Å². The molecule has 2 aliphatic rings. The van der Waals surface area contributed by atoms with Crippen LogP contribution in [-0.4, -0.2) is 83.9 Å². The summed E-state index contributed by atoms with van der Waals surface area (Å²) in [6.45, 7) is -0.269. The first kappa shape index (κ1) is 30.3. The third-order valence-corrected chi connectivity index (χ3v) is 8.09.